The van der Waals surface area contributed by atoms with E-state index in [4.69, 9.17) is 16.2 Å². The van der Waals surface area contributed by atoms with Gasteiger partial charge in [-0.2, -0.15) is 9.97 Å². The summed E-state index contributed by atoms with van der Waals surface area (Å²) in [7, 11) is 0. The lowest BCUT2D eigenvalue weighted by Crippen LogP contribution is -2.10. The topological polar surface area (TPSA) is 99.1 Å². The van der Waals surface area contributed by atoms with Gasteiger partial charge in [0.2, 0.25) is 11.8 Å². The van der Waals surface area contributed by atoms with Crippen LogP contribution in [0.25, 0.3) is 0 Å². The minimum Gasteiger partial charge on any atom is -0.476 e. The molecule has 0 atom stereocenters. The Morgan fingerprint density at radius 3 is 2.60 bits per heavy atom. The molecule has 1 aromatic rings. The zero-order chi connectivity index (χ0) is 11.3. The van der Waals surface area contributed by atoms with Crippen molar-refractivity contribution in [2.45, 2.75) is 20.3 Å². The number of anilines is 3. The lowest BCUT2D eigenvalue weighted by atomic mass is 10.4. The summed E-state index contributed by atoms with van der Waals surface area (Å²) < 4.78 is 5.36. The van der Waals surface area contributed by atoms with Crippen molar-refractivity contribution >= 4 is 17.5 Å². The summed E-state index contributed by atoms with van der Waals surface area (Å²) in [4.78, 5) is 7.91. The predicted octanol–water partition coefficient (Wildman–Crippen LogP) is 0.862. The molecule has 0 radical (unpaired) electrons. The van der Waals surface area contributed by atoms with Crippen LogP contribution in [0.2, 0.25) is 0 Å². The Balaban J connectivity index is 2.93. The standard InChI is InChI=1S/C9H17N5O/c1-3-5-15-8-6(10)7(12-4-2)13-9(11)14-8/h3-5,10H2,1-2H3,(H3,11,12,13,14). The zero-order valence-electron chi connectivity index (χ0n) is 9.08. The Labute approximate surface area is 89.0 Å². The Bertz CT molecular complexity index is 329. The van der Waals surface area contributed by atoms with Crippen LogP contribution in [0.1, 0.15) is 20.3 Å². The Kier molecular flexibility index (Phi) is 3.96. The molecule has 5 N–H and O–H groups in total. The van der Waals surface area contributed by atoms with Gasteiger partial charge in [-0.1, -0.05) is 6.92 Å². The molecule has 1 rings (SSSR count). The molecule has 0 bridgehead atoms. The fourth-order valence-corrected chi connectivity index (χ4v) is 1.08. The van der Waals surface area contributed by atoms with Gasteiger partial charge in [0.25, 0.3) is 0 Å². The number of nitrogens with one attached hydrogen (secondary N) is 1. The largest absolute Gasteiger partial charge is 0.476 e. The zero-order valence-corrected chi connectivity index (χ0v) is 9.08. The van der Waals surface area contributed by atoms with Gasteiger partial charge in [0, 0.05) is 6.54 Å². The molecule has 0 saturated carbocycles. The second kappa shape index (κ2) is 5.23. The molecule has 0 amide bonds. The molecule has 0 aromatic carbocycles. The molecule has 0 aliphatic heterocycles. The van der Waals surface area contributed by atoms with Gasteiger partial charge in [-0.15, -0.1) is 0 Å². The van der Waals surface area contributed by atoms with Crippen LogP contribution in [0.3, 0.4) is 0 Å². The highest BCUT2D eigenvalue weighted by molar-refractivity contribution is 5.68. The maximum Gasteiger partial charge on any atom is 0.244 e. The molecule has 84 valence electrons. The predicted molar refractivity (Wildman–Crippen MR) is 60.8 cm³/mol. The van der Waals surface area contributed by atoms with Gasteiger partial charge < -0.3 is 21.5 Å². The number of nitrogens with zero attached hydrogens (tertiary/aromatic N) is 2. The van der Waals surface area contributed by atoms with E-state index in [1.54, 1.807) is 0 Å². The number of ether oxygens (including phenoxy) is 1. The number of nitrogens with two attached hydrogens (primary N) is 2. The van der Waals surface area contributed by atoms with Crippen molar-refractivity contribution in [3.05, 3.63) is 0 Å². The second-order valence-electron chi connectivity index (χ2n) is 3.03. The van der Waals surface area contributed by atoms with Gasteiger partial charge in [-0.05, 0) is 13.3 Å². The summed E-state index contributed by atoms with van der Waals surface area (Å²) in [6.45, 7) is 5.23. The smallest absolute Gasteiger partial charge is 0.244 e. The fraction of sp³-hybridized carbons (Fsp3) is 0.556. The number of rotatable bonds is 5. The normalized spacial score (nSPS) is 10.0. The van der Waals surface area contributed by atoms with E-state index in [9.17, 15) is 0 Å². The van der Waals surface area contributed by atoms with E-state index in [0.717, 1.165) is 6.42 Å². The van der Waals surface area contributed by atoms with Crippen molar-refractivity contribution in [3.8, 4) is 5.88 Å². The van der Waals surface area contributed by atoms with Crippen molar-refractivity contribution in [2.75, 3.05) is 29.9 Å². The van der Waals surface area contributed by atoms with Crippen LogP contribution >= 0.6 is 0 Å². The first kappa shape index (κ1) is 11.4. The lowest BCUT2D eigenvalue weighted by molar-refractivity contribution is 0.307. The van der Waals surface area contributed by atoms with E-state index in [0.29, 0.717) is 30.5 Å². The van der Waals surface area contributed by atoms with Crippen LogP contribution in [0.15, 0.2) is 0 Å². The molecule has 6 nitrogen and oxygen atoms in total. The Hall–Kier alpha value is -1.72. The van der Waals surface area contributed by atoms with E-state index in [1.807, 2.05) is 13.8 Å². The van der Waals surface area contributed by atoms with Gasteiger partial charge >= 0.3 is 0 Å². The molecule has 0 aliphatic rings. The van der Waals surface area contributed by atoms with Gasteiger partial charge in [0.1, 0.15) is 5.69 Å². The lowest BCUT2D eigenvalue weighted by Gasteiger charge is -2.11. The second-order valence-corrected chi connectivity index (χ2v) is 3.03. The van der Waals surface area contributed by atoms with Gasteiger partial charge in [-0.3, -0.25) is 0 Å². The molecule has 0 fully saturated rings. The fourth-order valence-electron chi connectivity index (χ4n) is 1.08. The van der Waals surface area contributed by atoms with Gasteiger partial charge in [0.05, 0.1) is 6.61 Å². The van der Waals surface area contributed by atoms with Crippen molar-refractivity contribution in [3.63, 3.8) is 0 Å². The molecule has 0 spiro atoms. The third-order valence-corrected chi connectivity index (χ3v) is 1.72. The van der Waals surface area contributed by atoms with Crippen LogP contribution in [0.4, 0.5) is 17.5 Å². The number of nitrogen functional groups attached to an aromatic ring is 2. The number of hydrogen-bond acceptors (Lipinski definition) is 6. The minimum atomic E-state index is 0.159. The highest BCUT2D eigenvalue weighted by Crippen LogP contribution is 2.26. The van der Waals surface area contributed by atoms with E-state index < -0.39 is 0 Å². The summed E-state index contributed by atoms with van der Waals surface area (Å²) in [6.07, 6.45) is 0.889. The summed E-state index contributed by atoms with van der Waals surface area (Å²) in [5.74, 6) is 1.03. The van der Waals surface area contributed by atoms with Crippen LogP contribution in [-0.4, -0.2) is 23.1 Å². The third-order valence-electron chi connectivity index (χ3n) is 1.72. The van der Waals surface area contributed by atoms with Crippen LogP contribution in [0.5, 0.6) is 5.88 Å². The van der Waals surface area contributed by atoms with Crippen molar-refractivity contribution < 1.29 is 4.74 Å². The Morgan fingerprint density at radius 1 is 1.27 bits per heavy atom. The molecule has 6 heteroatoms. The minimum absolute atomic E-state index is 0.159. The van der Waals surface area contributed by atoms with E-state index in [2.05, 4.69) is 15.3 Å². The summed E-state index contributed by atoms with van der Waals surface area (Å²) in [5, 5.41) is 3.00. The molecule has 1 heterocycles. The first-order valence-corrected chi connectivity index (χ1v) is 4.98. The van der Waals surface area contributed by atoms with E-state index in [-0.39, 0.29) is 5.95 Å². The first-order valence-electron chi connectivity index (χ1n) is 4.98. The number of aromatic nitrogens is 2. The molecular weight excluding hydrogens is 194 g/mol. The molecule has 0 saturated heterocycles. The van der Waals surface area contributed by atoms with E-state index in [1.165, 1.54) is 0 Å². The first-order chi connectivity index (χ1) is 7.19. The SMILES string of the molecule is CCCOc1nc(N)nc(NCC)c1N. The van der Waals surface area contributed by atoms with Crippen molar-refractivity contribution in [1.29, 1.82) is 0 Å². The quantitative estimate of drug-likeness (QED) is 0.668. The van der Waals surface area contributed by atoms with E-state index >= 15 is 0 Å². The van der Waals surface area contributed by atoms with Crippen molar-refractivity contribution in [1.82, 2.24) is 9.97 Å². The highest BCUT2D eigenvalue weighted by atomic mass is 16.5. The molecule has 0 aliphatic carbocycles. The van der Waals surface area contributed by atoms with Crippen LogP contribution in [0, 0.1) is 0 Å². The molecule has 1 aromatic heterocycles. The van der Waals surface area contributed by atoms with Gasteiger partial charge in [0.15, 0.2) is 5.82 Å². The molecule has 0 unspecified atom stereocenters. The summed E-state index contributed by atoms with van der Waals surface area (Å²) in [5.41, 5.74) is 11.7. The maximum atomic E-state index is 5.81. The van der Waals surface area contributed by atoms with Crippen LogP contribution < -0.4 is 21.5 Å². The van der Waals surface area contributed by atoms with Crippen LogP contribution in [-0.2, 0) is 0 Å². The Morgan fingerprint density at radius 2 is 2.00 bits per heavy atom. The average molecular weight is 211 g/mol. The highest BCUT2D eigenvalue weighted by Gasteiger charge is 2.10. The molecular formula is C9H17N5O. The third kappa shape index (κ3) is 2.87. The van der Waals surface area contributed by atoms with Gasteiger partial charge in [-0.25, -0.2) is 0 Å². The average Bonchev–Trinajstić information content (AvgIpc) is 2.21. The molecule has 15 heavy (non-hydrogen) atoms. The number of hydrogen-bond donors (Lipinski definition) is 3. The van der Waals surface area contributed by atoms with Crippen molar-refractivity contribution in [2.24, 2.45) is 0 Å². The maximum absolute atomic E-state index is 5.81. The monoisotopic (exact) mass is 211 g/mol. The summed E-state index contributed by atoms with van der Waals surface area (Å²) in [6, 6.07) is 0. The summed E-state index contributed by atoms with van der Waals surface area (Å²) >= 11 is 0.